The first-order chi connectivity index (χ1) is 6.90. The molecule has 4 nitrogen and oxygen atoms in total. The summed E-state index contributed by atoms with van der Waals surface area (Å²) < 4.78 is 0. The highest BCUT2D eigenvalue weighted by Gasteiger charge is 2.01. The number of nitrogens with zero attached hydrogens (tertiary/aromatic N) is 2. The van der Waals surface area contributed by atoms with E-state index in [1.54, 1.807) is 12.4 Å². The maximum absolute atomic E-state index is 4.21. The average molecular weight is 188 g/mol. The van der Waals surface area contributed by atoms with E-state index in [4.69, 9.17) is 0 Å². The van der Waals surface area contributed by atoms with Crippen molar-refractivity contribution in [3.05, 3.63) is 36.3 Å². The molecule has 0 aliphatic heterocycles. The maximum Gasteiger partial charge on any atom is 0.0925 e. The Hall–Kier alpha value is -1.68. The highest BCUT2D eigenvalue weighted by molar-refractivity contribution is 5.58. The third kappa shape index (κ3) is 1.80. The zero-order chi connectivity index (χ0) is 9.80. The second-order valence-electron chi connectivity index (χ2n) is 3.04. The molecule has 0 fully saturated rings. The Morgan fingerprint density at radius 1 is 1.36 bits per heavy atom. The predicted molar refractivity (Wildman–Crippen MR) is 54.6 cm³/mol. The van der Waals surface area contributed by atoms with Gasteiger partial charge >= 0.3 is 0 Å². The van der Waals surface area contributed by atoms with Crippen molar-refractivity contribution in [2.75, 3.05) is 7.05 Å². The lowest BCUT2D eigenvalue weighted by atomic mass is 10.2. The zero-order valence-electron chi connectivity index (χ0n) is 7.99. The largest absolute Gasteiger partial charge is 0.314 e. The van der Waals surface area contributed by atoms with E-state index in [-0.39, 0.29) is 0 Å². The van der Waals surface area contributed by atoms with Crippen molar-refractivity contribution in [1.29, 1.82) is 0 Å². The standard InChI is InChI=1S/C10H12N4/c1-11-7-9-6-10(14-13-9)8-2-4-12-5-3-8/h2-6,11H,7H2,1H3,(H,13,14). The molecular formula is C10H12N4. The van der Waals surface area contributed by atoms with Gasteiger partial charge in [-0.15, -0.1) is 0 Å². The first-order valence-corrected chi connectivity index (χ1v) is 4.49. The van der Waals surface area contributed by atoms with Crippen LogP contribution in [0.25, 0.3) is 11.3 Å². The molecule has 2 aromatic rings. The van der Waals surface area contributed by atoms with E-state index in [0.29, 0.717) is 0 Å². The van der Waals surface area contributed by atoms with Crippen molar-refractivity contribution in [2.24, 2.45) is 0 Å². The fourth-order valence-corrected chi connectivity index (χ4v) is 1.31. The van der Waals surface area contributed by atoms with Crippen molar-refractivity contribution >= 4 is 0 Å². The van der Waals surface area contributed by atoms with Gasteiger partial charge in [0.2, 0.25) is 0 Å². The quantitative estimate of drug-likeness (QED) is 0.760. The summed E-state index contributed by atoms with van der Waals surface area (Å²) in [4.78, 5) is 3.96. The van der Waals surface area contributed by atoms with E-state index in [2.05, 4.69) is 20.5 Å². The number of aromatic nitrogens is 3. The van der Waals surface area contributed by atoms with Gasteiger partial charge < -0.3 is 5.32 Å². The van der Waals surface area contributed by atoms with Crippen LogP contribution in [0.1, 0.15) is 5.69 Å². The third-order valence-electron chi connectivity index (χ3n) is 1.97. The molecule has 2 rings (SSSR count). The lowest BCUT2D eigenvalue weighted by Crippen LogP contribution is -2.04. The molecule has 72 valence electrons. The molecule has 0 atom stereocenters. The summed E-state index contributed by atoms with van der Waals surface area (Å²) in [5.74, 6) is 0. The fourth-order valence-electron chi connectivity index (χ4n) is 1.31. The van der Waals surface area contributed by atoms with E-state index >= 15 is 0 Å². The third-order valence-corrected chi connectivity index (χ3v) is 1.97. The summed E-state index contributed by atoms with van der Waals surface area (Å²) in [5.41, 5.74) is 3.12. The van der Waals surface area contributed by atoms with Gasteiger partial charge in [-0.1, -0.05) is 0 Å². The molecule has 0 spiro atoms. The normalized spacial score (nSPS) is 10.4. The molecule has 2 heterocycles. The molecule has 0 bridgehead atoms. The van der Waals surface area contributed by atoms with Crippen LogP contribution in [0.2, 0.25) is 0 Å². The summed E-state index contributed by atoms with van der Waals surface area (Å²) in [6, 6.07) is 5.92. The lowest BCUT2D eigenvalue weighted by Gasteiger charge is -1.92. The van der Waals surface area contributed by atoms with Gasteiger partial charge in [0.1, 0.15) is 0 Å². The summed E-state index contributed by atoms with van der Waals surface area (Å²) in [6.45, 7) is 0.804. The molecule has 0 amide bonds. The minimum atomic E-state index is 0.804. The SMILES string of the molecule is CNCc1cc(-c2ccncc2)n[nH]1. The first-order valence-electron chi connectivity index (χ1n) is 4.49. The summed E-state index contributed by atoms with van der Waals surface area (Å²) in [6.07, 6.45) is 3.53. The minimum Gasteiger partial charge on any atom is -0.314 e. The van der Waals surface area contributed by atoms with Crippen LogP contribution in [0.5, 0.6) is 0 Å². The molecular weight excluding hydrogens is 176 g/mol. The molecule has 0 aromatic carbocycles. The Balaban J connectivity index is 2.25. The van der Waals surface area contributed by atoms with E-state index in [0.717, 1.165) is 23.5 Å². The molecule has 2 aromatic heterocycles. The Morgan fingerprint density at radius 3 is 2.86 bits per heavy atom. The van der Waals surface area contributed by atoms with Crippen LogP contribution in [0, 0.1) is 0 Å². The number of nitrogens with one attached hydrogen (secondary N) is 2. The number of H-pyrrole nitrogens is 1. The van der Waals surface area contributed by atoms with Crippen molar-refractivity contribution in [3.63, 3.8) is 0 Å². The molecule has 0 aliphatic rings. The number of rotatable bonds is 3. The van der Waals surface area contributed by atoms with E-state index in [9.17, 15) is 0 Å². The summed E-state index contributed by atoms with van der Waals surface area (Å²) in [5, 5.41) is 10.2. The van der Waals surface area contributed by atoms with Crippen LogP contribution < -0.4 is 5.32 Å². The summed E-state index contributed by atoms with van der Waals surface area (Å²) >= 11 is 0. The Kier molecular flexibility index (Phi) is 2.55. The molecule has 4 heteroatoms. The van der Waals surface area contributed by atoms with Crippen molar-refractivity contribution in [3.8, 4) is 11.3 Å². The zero-order valence-corrected chi connectivity index (χ0v) is 7.99. The van der Waals surface area contributed by atoms with Gasteiger partial charge in [-0.05, 0) is 25.2 Å². The highest BCUT2D eigenvalue weighted by atomic mass is 15.1. The van der Waals surface area contributed by atoms with Gasteiger partial charge in [-0.3, -0.25) is 10.1 Å². The van der Waals surface area contributed by atoms with Crippen LogP contribution in [0.4, 0.5) is 0 Å². The number of hydrogen-bond acceptors (Lipinski definition) is 3. The molecule has 0 radical (unpaired) electrons. The van der Waals surface area contributed by atoms with Gasteiger partial charge in [-0.2, -0.15) is 5.10 Å². The number of hydrogen-bond donors (Lipinski definition) is 2. The monoisotopic (exact) mass is 188 g/mol. The van der Waals surface area contributed by atoms with Gasteiger partial charge in [0.25, 0.3) is 0 Å². The first kappa shape index (κ1) is 8.90. The molecule has 14 heavy (non-hydrogen) atoms. The minimum absolute atomic E-state index is 0.804. The number of aromatic amines is 1. The van der Waals surface area contributed by atoms with Crippen molar-refractivity contribution < 1.29 is 0 Å². The Bertz CT molecular complexity index is 394. The molecule has 0 saturated carbocycles. The van der Waals surface area contributed by atoms with E-state index in [1.807, 2.05) is 25.2 Å². The Labute approximate surface area is 82.4 Å². The summed E-state index contributed by atoms with van der Waals surface area (Å²) in [7, 11) is 1.91. The van der Waals surface area contributed by atoms with Gasteiger partial charge in [0, 0.05) is 30.2 Å². The molecule has 0 saturated heterocycles. The fraction of sp³-hybridized carbons (Fsp3) is 0.200. The van der Waals surface area contributed by atoms with Crippen LogP contribution in [0.15, 0.2) is 30.6 Å². The van der Waals surface area contributed by atoms with Gasteiger partial charge in [0.15, 0.2) is 0 Å². The molecule has 0 unspecified atom stereocenters. The van der Waals surface area contributed by atoms with Crippen LogP contribution in [-0.2, 0) is 6.54 Å². The van der Waals surface area contributed by atoms with Crippen LogP contribution in [-0.4, -0.2) is 22.2 Å². The lowest BCUT2D eigenvalue weighted by molar-refractivity contribution is 0.784. The highest BCUT2D eigenvalue weighted by Crippen LogP contribution is 2.15. The molecule has 0 aliphatic carbocycles. The van der Waals surface area contributed by atoms with E-state index in [1.165, 1.54) is 0 Å². The Morgan fingerprint density at radius 2 is 2.14 bits per heavy atom. The second kappa shape index (κ2) is 4.02. The molecule has 2 N–H and O–H groups in total. The van der Waals surface area contributed by atoms with Crippen LogP contribution in [0.3, 0.4) is 0 Å². The average Bonchev–Trinajstić information content (AvgIpc) is 2.68. The van der Waals surface area contributed by atoms with Crippen molar-refractivity contribution in [1.82, 2.24) is 20.5 Å². The van der Waals surface area contributed by atoms with Crippen LogP contribution >= 0.6 is 0 Å². The second-order valence-corrected chi connectivity index (χ2v) is 3.04. The van der Waals surface area contributed by atoms with Gasteiger partial charge in [0.05, 0.1) is 5.69 Å². The smallest absolute Gasteiger partial charge is 0.0925 e. The van der Waals surface area contributed by atoms with Gasteiger partial charge in [-0.25, -0.2) is 0 Å². The predicted octanol–water partition coefficient (Wildman–Crippen LogP) is 1.19. The maximum atomic E-state index is 4.21. The topological polar surface area (TPSA) is 53.6 Å². The van der Waals surface area contributed by atoms with Crippen molar-refractivity contribution in [2.45, 2.75) is 6.54 Å². The van der Waals surface area contributed by atoms with E-state index < -0.39 is 0 Å². The number of pyridine rings is 1.